The van der Waals surface area contributed by atoms with Crippen LogP contribution in [0.5, 0.6) is 0 Å². The maximum atomic E-state index is 12.1. The van der Waals surface area contributed by atoms with Crippen LogP contribution < -0.4 is 0 Å². The molecule has 104 valence electrons. The van der Waals surface area contributed by atoms with Crippen molar-refractivity contribution in [3.63, 3.8) is 0 Å². The van der Waals surface area contributed by atoms with Crippen molar-refractivity contribution in [3.05, 3.63) is 29.8 Å². The van der Waals surface area contributed by atoms with Gasteiger partial charge >= 0.3 is 11.5 Å². The average molecular weight is 292 g/mol. The summed E-state index contributed by atoms with van der Waals surface area (Å²) in [4.78, 5) is 22.5. The van der Waals surface area contributed by atoms with Crippen LogP contribution >= 0.6 is 11.8 Å². The van der Waals surface area contributed by atoms with Gasteiger partial charge < -0.3 is 4.74 Å². The van der Waals surface area contributed by atoms with Crippen molar-refractivity contribution in [2.24, 2.45) is 0 Å². The van der Waals surface area contributed by atoms with E-state index in [0.29, 0.717) is 5.56 Å². The fourth-order valence-electron chi connectivity index (χ4n) is 1.28. The Morgan fingerprint density at radius 2 is 1.79 bits per heavy atom. The Labute approximate surface area is 112 Å². The molecule has 1 aromatic carbocycles. The Morgan fingerprint density at radius 3 is 2.26 bits per heavy atom. The molecule has 0 fully saturated rings. The molecule has 0 radical (unpaired) electrons. The first-order valence-electron chi connectivity index (χ1n) is 5.36. The van der Waals surface area contributed by atoms with Gasteiger partial charge in [0.1, 0.15) is 0 Å². The number of alkyl halides is 3. The number of thioether (sulfide) groups is 1. The van der Waals surface area contributed by atoms with Crippen LogP contribution in [0.4, 0.5) is 13.2 Å². The van der Waals surface area contributed by atoms with Crippen molar-refractivity contribution in [2.45, 2.75) is 23.7 Å². The second kappa shape index (κ2) is 6.60. The van der Waals surface area contributed by atoms with Gasteiger partial charge in [-0.2, -0.15) is 13.2 Å². The summed E-state index contributed by atoms with van der Waals surface area (Å²) in [6.45, 7) is 1.68. The standard InChI is InChI=1S/C12H11F3O3S/c1-2-18-11(17)10(16)7-8-3-5-9(6-4-8)19-12(13,14)15/h3-6H,2,7H2,1H3. The van der Waals surface area contributed by atoms with Gasteiger partial charge in [-0.05, 0) is 36.4 Å². The van der Waals surface area contributed by atoms with Crippen LogP contribution in [-0.2, 0) is 20.7 Å². The zero-order valence-corrected chi connectivity index (χ0v) is 10.8. The zero-order chi connectivity index (χ0) is 14.5. The fraction of sp³-hybridized carbons (Fsp3) is 0.333. The average Bonchev–Trinajstić information content (AvgIpc) is 2.30. The molecular formula is C12H11F3O3S. The van der Waals surface area contributed by atoms with Gasteiger partial charge in [0.2, 0.25) is 5.78 Å². The highest BCUT2D eigenvalue weighted by Gasteiger charge is 2.29. The van der Waals surface area contributed by atoms with Gasteiger partial charge in [-0.3, -0.25) is 4.79 Å². The van der Waals surface area contributed by atoms with Crippen molar-refractivity contribution in [1.82, 2.24) is 0 Å². The van der Waals surface area contributed by atoms with Crippen molar-refractivity contribution in [3.8, 4) is 0 Å². The molecule has 0 saturated heterocycles. The minimum absolute atomic E-state index is 0.0276. The van der Waals surface area contributed by atoms with Crippen LogP contribution in [0, 0.1) is 0 Å². The molecule has 19 heavy (non-hydrogen) atoms. The second-order valence-electron chi connectivity index (χ2n) is 3.51. The summed E-state index contributed by atoms with van der Waals surface area (Å²) >= 11 is -0.234. The molecule has 0 atom stereocenters. The first-order chi connectivity index (χ1) is 8.81. The van der Waals surface area contributed by atoms with Gasteiger partial charge in [0.05, 0.1) is 6.61 Å². The van der Waals surface area contributed by atoms with Gasteiger partial charge in [-0.15, -0.1) is 0 Å². The Balaban J connectivity index is 2.62. The normalized spacial score (nSPS) is 11.2. The Hall–Kier alpha value is -1.50. The van der Waals surface area contributed by atoms with Gasteiger partial charge in [0.15, 0.2) is 0 Å². The molecule has 0 amide bonds. The largest absolute Gasteiger partial charge is 0.460 e. The van der Waals surface area contributed by atoms with E-state index in [-0.39, 0.29) is 29.7 Å². The van der Waals surface area contributed by atoms with E-state index >= 15 is 0 Å². The molecule has 0 aliphatic heterocycles. The predicted octanol–water partition coefficient (Wildman–Crippen LogP) is 2.97. The van der Waals surface area contributed by atoms with Crippen molar-refractivity contribution < 1.29 is 27.5 Å². The lowest BCUT2D eigenvalue weighted by Gasteiger charge is -2.06. The fourth-order valence-corrected chi connectivity index (χ4v) is 1.82. The molecule has 0 N–H and O–H groups in total. The van der Waals surface area contributed by atoms with Gasteiger partial charge in [-0.25, -0.2) is 4.79 Å². The number of halogens is 3. The van der Waals surface area contributed by atoms with E-state index in [0.717, 1.165) is 0 Å². The summed E-state index contributed by atoms with van der Waals surface area (Å²) in [7, 11) is 0. The van der Waals surface area contributed by atoms with Crippen molar-refractivity contribution in [1.29, 1.82) is 0 Å². The van der Waals surface area contributed by atoms with E-state index in [1.807, 2.05) is 0 Å². The Bertz CT molecular complexity index is 454. The summed E-state index contributed by atoms with van der Waals surface area (Å²) in [5, 5.41) is 0. The number of esters is 1. The summed E-state index contributed by atoms with van der Waals surface area (Å²) in [6, 6.07) is 5.27. The third-order valence-corrected chi connectivity index (χ3v) is 2.76. The minimum Gasteiger partial charge on any atom is -0.460 e. The molecule has 1 rings (SSSR count). The van der Waals surface area contributed by atoms with E-state index in [1.165, 1.54) is 24.3 Å². The molecule has 0 saturated carbocycles. The summed E-state index contributed by atoms with van der Waals surface area (Å²) in [5.74, 6) is -1.66. The molecule has 0 spiro atoms. The molecule has 0 heterocycles. The Morgan fingerprint density at radius 1 is 1.21 bits per heavy atom. The van der Waals surface area contributed by atoms with Gasteiger partial charge in [-0.1, -0.05) is 12.1 Å². The number of ketones is 1. The summed E-state index contributed by atoms with van der Waals surface area (Å²) in [6.07, 6.45) is -0.185. The SMILES string of the molecule is CCOC(=O)C(=O)Cc1ccc(SC(F)(F)F)cc1. The van der Waals surface area contributed by atoms with E-state index in [2.05, 4.69) is 4.74 Å². The lowest BCUT2D eigenvalue weighted by Crippen LogP contribution is -2.19. The first-order valence-corrected chi connectivity index (χ1v) is 6.18. The van der Waals surface area contributed by atoms with Crippen LogP contribution in [-0.4, -0.2) is 23.9 Å². The summed E-state index contributed by atoms with van der Waals surface area (Å²) in [5.41, 5.74) is -3.88. The monoisotopic (exact) mass is 292 g/mol. The molecule has 1 aromatic rings. The second-order valence-corrected chi connectivity index (χ2v) is 4.65. The Kier molecular flexibility index (Phi) is 5.41. The van der Waals surface area contributed by atoms with E-state index in [1.54, 1.807) is 6.92 Å². The molecule has 0 bridgehead atoms. The van der Waals surface area contributed by atoms with Crippen LogP contribution in [0.25, 0.3) is 0 Å². The quantitative estimate of drug-likeness (QED) is 0.475. The summed E-state index contributed by atoms with van der Waals surface area (Å²) < 4.78 is 40.8. The number of hydrogen-bond acceptors (Lipinski definition) is 4. The number of ether oxygens (including phenoxy) is 1. The maximum absolute atomic E-state index is 12.1. The number of Topliss-reactive ketones (excluding diaryl/α,β-unsaturated/α-hetero) is 1. The van der Waals surface area contributed by atoms with Crippen LogP contribution in [0.3, 0.4) is 0 Å². The molecule has 0 aliphatic rings. The number of benzene rings is 1. The van der Waals surface area contributed by atoms with E-state index < -0.39 is 17.3 Å². The first kappa shape index (κ1) is 15.6. The highest BCUT2D eigenvalue weighted by atomic mass is 32.2. The van der Waals surface area contributed by atoms with Crippen molar-refractivity contribution in [2.75, 3.05) is 6.61 Å². The van der Waals surface area contributed by atoms with Gasteiger partial charge in [0, 0.05) is 11.3 Å². The highest BCUT2D eigenvalue weighted by Crippen LogP contribution is 2.36. The number of rotatable bonds is 5. The van der Waals surface area contributed by atoms with Crippen molar-refractivity contribution >= 4 is 23.5 Å². The van der Waals surface area contributed by atoms with Crippen LogP contribution in [0.1, 0.15) is 12.5 Å². The molecule has 3 nitrogen and oxygen atoms in total. The zero-order valence-electron chi connectivity index (χ0n) is 9.99. The maximum Gasteiger partial charge on any atom is 0.446 e. The molecule has 0 aliphatic carbocycles. The molecule has 7 heteroatoms. The van der Waals surface area contributed by atoms with Crippen LogP contribution in [0.2, 0.25) is 0 Å². The third kappa shape index (κ3) is 5.78. The predicted molar refractivity (Wildman–Crippen MR) is 63.7 cm³/mol. The lowest BCUT2D eigenvalue weighted by atomic mass is 10.1. The number of carbonyl (C=O) groups is 2. The van der Waals surface area contributed by atoms with Crippen LogP contribution in [0.15, 0.2) is 29.2 Å². The number of carbonyl (C=O) groups excluding carboxylic acids is 2. The topological polar surface area (TPSA) is 43.4 Å². The van der Waals surface area contributed by atoms with Gasteiger partial charge in [0.25, 0.3) is 0 Å². The minimum atomic E-state index is -4.34. The molecule has 0 unspecified atom stereocenters. The molecular weight excluding hydrogens is 281 g/mol. The lowest BCUT2D eigenvalue weighted by molar-refractivity contribution is -0.153. The highest BCUT2D eigenvalue weighted by molar-refractivity contribution is 8.00. The molecule has 0 aromatic heterocycles. The van der Waals surface area contributed by atoms with E-state index in [9.17, 15) is 22.8 Å². The number of hydrogen-bond donors (Lipinski definition) is 0. The third-order valence-electron chi connectivity index (χ3n) is 2.02. The van der Waals surface area contributed by atoms with E-state index in [4.69, 9.17) is 0 Å². The smallest absolute Gasteiger partial charge is 0.446 e.